The van der Waals surface area contributed by atoms with Crippen molar-refractivity contribution in [3.05, 3.63) is 51.3 Å². The van der Waals surface area contributed by atoms with Crippen LogP contribution in [0.2, 0.25) is 0 Å². The van der Waals surface area contributed by atoms with Gasteiger partial charge in [0.25, 0.3) is 5.89 Å². The van der Waals surface area contributed by atoms with Crippen LogP contribution in [-0.2, 0) is 11.3 Å². The third-order valence-electron chi connectivity index (χ3n) is 3.02. The fraction of sp³-hybridized carbons (Fsp3) is 0.0667. The summed E-state index contributed by atoms with van der Waals surface area (Å²) in [4.78, 5) is 21.6. The molecule has 0 unspecified atom stereocenters. The Labute approximate surface area is 148 Å². The quantitative estimate of drug-likeness (QED) is 0.483. The van der Waals surface area contributed by atoms with E-state index >= 15 is 0 Å². The minimum atomic E-state index is -0.510. The van der Waals surface area contributed by atoms with Crippen molar-refractivity contribution in [2.24, 2.45) is 0 Å². The third-order valence-corrected chi connectivity index (χ3v) is 5.58. The molecule has 4 rings (SSSR count). The molecule has 4 aromatic heterocycles. The zero-order valence-corrected chi connectivity index (χ0v) is 14.5. The molecule has 4 aromatic rings. The van der Waals surface area contributed by atoms with Gasteiger partial charge in [-0.2, -0.15) is 16.3 Å². The Kier molecular flexibility index (Phi) is 4.20. The van der Waals surface area contributed by atoms with Crippen molar-refractivity contribution in [3.8, 4) is 21.3 Å². The minimum absolute atomic E-state index is 0.0815. The summed E-state index contributed by atoms with van der Waals surface area (Å²) in [6.07, 6.45) is 0. The summed E-state index contributed by atoms with van der Waals surface area (Å²) >= 11 is 4.53. The van der Waals surface area contributed by atoms with Gasteiger partial charge in [-0.3, -0.25) is 0 Å². The first kappa shape index (κ1) is 15.2. The first-order valence-corrected chi connectivity index (χ1v) is 9.51. The van der Waals surface area contributed by atoms with Crippen molar-refractivity contribution in [1.29, 1.82) is 0 Å². The Morgan fingerprint density at radius 1 is 1.17 bits per heavy atom. The van der Waals surface area contributed by atoms with Gasteiger partial charge in [0.05, 0.1) is 4.88 Å². The maximum Gasteiger partial charge on any atom is 0.358 e. The number of aromatic nitrogens is 3. The Bertz CT molecular complexity index is 942. The summed E-state index contributed by atoms with van der Waals surface area (Å²) in [5.74, 6) is 0.221. The molecule has 0 aliphatic rings. The molecular formula is C15H9N3O3S3. The van der Waals surface area contributed by atoms with Crippen molar-refractivity contribution >= 4 is 40.0 Å². The van der Waals surface area contributed by atoms with Gasteiger partial charge in [0.15, 0.2) is 12.3 Å². The van der Waals surface area contributed by atoms with Crippen LogP contribution in [0.1, 0.15) is 16.4 Å². The summed E-state index contributed by atoms with van der Waals surface area (Å²) < 4.78 is 10.3. The Hall–Kier alpha value is -2.36. The van der Waals surface area contributed by atoms with Gasteiger partial charge in [-0.15, -0.1) is 22.7 Å². The van der Waals surface area contributed by atoms with Gasteiger partial charge in [-0.25, -0.2) is 9.78 Å². The van der Waals surface area contributed by atoms with E-state index in [-0.39, 0.29) is 18.2 Å². The zero-order chi connectivity index (χ0) is 16.4. The van der Waals surface area contributed by atoms with Gasteiger partial charge in [0.1, 0.15) is 5.01 Å². The highest BCUT2D eigenvalue weighted by atomic mass is 32.1. The van der Waals surface area contributed by atoms with Gasteiger partial charge in [-0.1, -0.05) is 11.2 Å². The number of hydrogen-bond acceptors (Lipinski definition) is 9. The smallest absolute Gasteiger partial charge is 0.358 e. The maximum atomic E-state index is 12.1. The fourth-order valence-electron chi connectivity index (χ4n) is 1.90. The van der Waals surface area contributed by atoms with E-state index in [1.165, 1.54) is 11.3 Å². The van der Waals surface area contributed by atoms with E-state index < -0.39 is 5.97 Å². The van der Waals surface area contributed by atoms with Crippen LogP contribution < -0.4 is 0 Å². The summed E-state index contributed by atoms with van der Waals surface area (Å²) in [6.45, 7) is -0.0815. The molecule has 4 heterocycles. The van der Waals surface area contributed by atoms with Crippen LogP contribution in [0.25, 0.3) is 21.3 Å². The van der Waals surface area contributed by atoms with Crippen molar-refractivity contribution in [3.63, 3.8) is 0 Å². The van der Waals surface area contributed by atoms with E-state index in [1.54, 1.807) is 28.1 Å². The summed E-state index contributed by atoms with van der Waals surface area (Å²) in [7, 11) is 0. The van der Waals surface area contributed by atoms with Crippen LogP contribution in [0.3, 0.4) is 0 Å². The summed E-state index contributed by atoms with van der Waals surface area (Å²) in [5, 5.41) is 12.2. The highest BCUT2D eigenvalue weighted by molar-refractivity contribution is 7.20. The average Bonchev–Trinajstić information content (AvgIpc) is 3.40. The van der Waals surface area contributed by atoms with Crippen LogP contribution in [0.4, 0.5) is 0 Å². The predicted molar refractivity (Wildman–Crippen MR) is 92.2 cm³/mol. The maximum absolute atomic E-state index is 12.1. The summed E-state index contributed by atoms with van der Waals surface area (Å²) in [6, 6.07) is 5.80. The molecule has 24 heavy (non-hydrogen) atoms. The lowest BCUT2D eigenvalue weighted by Crippen LogP contribution is -2.05. The molecule has 120 valence electrons. The Balaban J connectivity index is 1.40. The van der Waals surface area contributed by atoms with E-state index in [0.29, 0.717) is 5.82 Å². The zero-order valence-electron chi connectivity index (χ0n) is 12.0. The number of thiophene rings is 2. The first-order chi connectivity index (χ1) is 11.8. The van der Waals surface area contributed by atoms with Gasteiger partial charge >= 0.3 is 5.97 Å². The second kappa shape index (κ2) is 6.63. The molecule has 6 nitrogen and oxygen atoms in total. The lowest BCUT2D eigenvalue weighted by molar-refractivity contribution is 0.0424. The highest BCUT2D eigenvalue weighted by Crippen LogP contribution is 2.28. The number of rotatable bonds is 5. The van der Waals surface area contributed by atoms with Gasteiger partial charge in [0, 0.05) is 16.3 Å². The molecule has 0 aliphatic heterocycles. The molecular weight excluding hydrogens is 366 g/mol. The lowest BCUT2D eigenvalue weighted by Gasteiger charge is -1.97. The third kappa shape index (κ3) is 3.14. The Morgan fingerprint density at radius 3 is 2.92 bits per heavy atom. The molecule has 0 atom stereocenters. The number of ether oxygens (including phenoxy) is 1. The van der Waals surface area contributed by atoms with Crippen molar-refractivity contribution in [2.45, 2.75) is 6.61 Å². The number of thiazole rings is 1. The van der Waals surface area contributed by atoms with E-state index in [9.17, 15) is 4.79 Å². The largest absolute Gasteiger partial charge is 0.451 e. The molecule has 0 saturated carbocycles. The second-order valence-corrected chi connectivity index (χ2v) is 7.20. The van der Waals surface area contributed by atoms with Crippen LogP contribution in [0, 0.1) is 0 Å². The minimum Gasteiger partial charge on any atom is -0.451 e. The van der Waals surface area contributed by atoms with E-state index in [2.05, 4.69) is 15.1 Å². The highest BCUT2D eigenvalue weighted by Gasteiger charge is 2.16. The van der Waals surface area contributed by atoms with E-state index in [0.717, 1.165) is 15.4 Å². The van der Waals surface area contributed by atoms with Crippen molar-refractivity contribution in [2.75, 3.05) is 0 Å². The Morgan fingerprint density at radius 2 is 2.12 bits per heavy atom. The number of carbonyl (C=O) groups excluding carboxylic acids is 1. The van der Waals surface area contributed by atoms with Crippen LogP contribution >= 0.6 is 34.0 Å². The number of nitrogens with zero attached hydrogens (tertiary/aromatic N) is 3. The van der Waals surface area contributed by atoms with Crippen molar-refractivity contribution < 1.29 is 14.1 Å². The molecule has 0 saturated heterocycles. The van der Waals surface area contributed by atoms with Crippen LogP contribution in [0.5, 0.6) is 0 Å². The molecule has 0 bridgehead atoms. The molecule has 9 heteroatoms. The monoisotopic (exact) mass is 375 g/mol. The van der Waals surface area contributed by atoms with Crippen molar-refractivity contribution in [1.82, 2.24) is 15.1 Å². The molecule has 0 aromatic carbocycles. The van der Waals surface area contributed by atoms with Crippen LogP contribution in [0.15, 0.2) is 44.2 Å². The molecule has 0 radical (unpaired) electrons. The molecule has 0 spiro atoms. The average molecular weight is 375 g/mol. The molecule has 0 fully saturated rings. The summed E-state index contributed by atoms with van der Waals surface area (Å²) in [5.41, 5.74) is 1.15. The lowest BCUT2D eigenvalue weighted by atomic mass is 10.3. The number of esters is 1. The van der Waals surface area contributed by atoms with Gasteiger partial charge in [0.2, 0.25) is 5.82 Å². The molecule has 0 aliphatic carbocycles. The SMILES string of the molecule is O=C(OCc1nc(-c2ccsc2)no1)c1csc(-c2cccs2)n1. The second-order valence-electron chi connectivity index (χ2n) is 4.62. The molecule has 0 amide bonds. The standard InChI is InChI=1S/C15H9N3O3S3/c19-15(10-8-24-14(16-10)11-2-1-4-23-11)20-6-12-17-13(18-21-12)9-3-5-22-7-9/h1-5,7-8H,6H2. The number of carbonyl (C=O) groups is 1. The molecule has 0 N–H and O–H groups in total. The predicted octanol–water partition coefficient (Wildman–Crippen LogP) is 4.34. The first-order valence-electron chi connectivity index (χ1n) is 6.81. The topological polar surface area (TPSA) is 78.1 Å². The van der Waals surface area contributed by atoms with E-state index in [1.807, 2.05) is 34.3 Å². The van der Waals surface area contributed by atoms with Gasteiger partial charge < -0.3 is 9.26 Å². The number of hydrogen-bond donors (Lipinski definition) is 0. The van der Waals surface area contributed by atoms with Gasteiger partial charge in [-0.05, 0) is 22.9 Å². The fourth-order valence-corrected chi connectivity index (χ4v) is 4.14. The normalized spacial score (nSPS) is 10.8. The van der Waals surface area contributed by atoms with Crippen LogP contribution in [-0.4, -0.2) is 21.1 Å². The van der Waals surface area contributed by atoms with E-state index in [4.69, 9.17) is 9.26 Å².